The number of nitrogens with one attached hydrogen (secondary N) is 2. The average molecular weight is 407 g/mol. The highest BCUT2D eigenvalue weighted by molar-refractivity contribution is 5.94. The highest BCUT2D eigenvalue weighted by Crippen LogP contribution is 2.20. The average Bonchev–Trinajstić information content (AvgIpc) is 3.08. The van der Waals surface area contributed by atoms with E-state index < -0.39 is 0 Å². The molecule has 1 saturated heterocycles. The van der Waals surface area contributed by atoms with Gasteiger partial charge in [-0.3, -0.25) is 4.79 Å². The third-order valence-corrected chi connectivity index (χ3v) is 6.06. The van der Waals surface area contributed by atoms with Gasteiger partial charge in [0, 0.05) is 24.3 Å². The molecular weight excluding hydrogens is 374 g/mol. The molecular formula is C24H32N5O+. The van der Waals surface area contributed by atoms with Crippen LogP contribution in [0.5, 0.6) is 0 Å². The number of quaternary nitrogens is 1. The molecule has 2 heterocycles. The summed E-state index contributed by atoms with van der Waals surface area (Å²) < 4.78 is 2.18. The number of hydrogen-bond acceptors (Lipinski definition) is 3. The van der Waals surface area contributed by atoms with Gasteiger partial charge >= 0.3 is 0 Å². The molecule has 3 aromatic rings. The van der Waals surface area contributed by atoms with Gasteiger partial charge in [-0.15, -0.1) is 0 Å². The summed E-state index contributed by atoms with van der Waals surface area (Å²) in [5.74, 6) is 1.10. The predicted octanol–water partition coefficient (Wildman–Crippen LogP) is 2.12. The second-order valence-corrected chi connectivity index (χ2v) is 8.51. The summed E-state index contributed by atoms with van der Waals surface area (Å²) in [6.45, 7) is 9.40. The fourth-order valence-corrected chi connectivity index (χ4v) is 4.10. The number of nitrogens with zero attached hydrogens (tertiary/aromatic N) is 3. The van der Waals surface area contributed by atoms with Crippen molar-refractivity contribution in [3.63, 3.8) is 0 Å². The number of anilines is 2. The van der Waals surface area contributed by atoms with Crippen molar-refractivity contribution in [1.82, 2.24) is 9.55 Å². The van der Waals surface area contributed by atoms with Gasteiger partial charge in [0.25, 0.3) is 0 Å². The van der Waals surface area contributed by atoms with Crippen molar-refractivity contribution in [2.45, 2.75) is 20.3 Å². The zero-order valence-electron chi connectivity index (χ0n) is 18.2. The third-order valence-electron chi connectivity index (χ3n) is 6.06. The zero-order chi connectivity index (χ0) is 21.1. The van der Waals surface area contributed by atoms with E-state index in [0.29, 0.717) is 0 Å². The Kier molecular flexibility index (Phi) is 6.04. The lowest BCUT2D eigenvalue weighted by atomic mass is 10.2. The molecule has 0 aliphatic carbocycles. The Morgan fingerprint density at radius 1 is 1.13 bits per heavy atom. The van der Waals surface area contributed by atoms with Gasteiger partial charge in [-0.1, -0.05) is 32.0 Å². The quantitative estimate of drug-likeness (QED) is 0.659. The number of fused-ring (bicyclic) bond motifs is 1. The molecule has 1 amide bonds. The Hall–Kier alpha value is -2.86. The summed E-state index contributed by atoms with van der Waals surface area (Å²) in [7, 11) is 2.08. The Bertz CT molecular complexity index is 1000. The van der Waals surface area contributed by atoms with Crippen LogP contribution < -0.4 is 15.1 Å². The molecule has 0 atom stereocenters. The van der Waals surface area contributed by atoms with Crippen LogP contribution in [0, 0.1) is 5.92 Å². The molecule has 0 saturated carbocycles. The molecule has 2 aromatic carbocycles. The molecule has 6 nitrogen and oxygen atoms in total. The van der Waals surface area contributed by atoms with Crippen LogP contribution in [0.2, 0.25) is 0 Å². The van der Waals surface area contributed by atoms with Crippen molar-refractivity contribution in [1.29, 1.82) is 0 Å². The number of aromatic nitrogens is 2. The number of para-hydroxylation sites is 1. The van der Waals surface area contributed by atoms with E-state index in [4.69, 9.17) is 4.98 Å². The summed E-state index contributed by atoms with van der Waals surface area (Å²) in [6, 6.07) is 16.7. The number of rotatable bonds is 6. The van der Waals surface area contributed by atoms with Gasteiger partial charge in [0.15, 0.2) is 0 Å². The smallest absolute Gasteiger partial charge is 0.226 e. The number of piperazine rings is 1. The van der Waals surface area contributed by atoms with Gasteiger partial charge in [0.05, 0.1) is 50.2 Å². The van der Waals surface area contributed by atoms with Gasteiger partial charge < -0.3 is 19.7 Å². The fourth-order valence-electron chi connectivity index (χ4n) is 4.10. The maximum atomic E-state index is 12.0. The van der Waals surface area contributed by atoms with E-state index in [-0.39, 0.29) is 11.8 Å². The minimum Gasteiger partial charge on any atom is -0.360 e. The molecule has 1 fully saturated rings. The van der Waals surface area contributed by atoms with Crippen molar-refractivity contribution in [2.75, 3.05) is 42.9 Å². The van der Waals surface area contributed by atoms with Crippen LogP contribution in [0.25, 0.3) is 11.0 Å². The molecule has 4 rings (SSSR count). The maximum absolute atomic E-state index is 12.0. The number of hydrogen-bond donors (Lipinski definition) is 2. The van der Waals surface area contributed by atoms with Gasteiger partial charge in [0.1, 0.15) is 5.82 Å². The first-order valence-corrected chi connectivity index (χ1v) is 10.9. The van der Waals surface area contributed by atoms with Crippen LogP contribution in [0.4, 0.5) is 11.4 Å². The lowest BCUT2D eigenvalue weighted by molar-refractivity contribution is -0.900. The summed E-state index contributed by atoms with van der Waals surface area (Å²) in [5.41, 5.74) is 4.19. The normalized spacial score (nSPS) is 15.1. The van der Waals surface area contributed by atoms with E-state index in [0.717, 1.165) is 61.7 Å². The van der Waals surface area contributed by atoms with Gasteiger partial charge in [0.2, 0.25) is 5.91 Å². The summed E-state index contributed by atoms with van der Waals surface area (Å²) in [5, 5.41) is 2.97. The monoisotopic (exact) mass is 406 g/mol. The highest BCUT2D eigenvalue weighted by Gasteiger charge is 2.21. The zero-order valence-corrected chi connectivity index (χ0v) is 18.2. The molecule has 1 aliphatic rings. The number of carbonyl (C=O) groups excluding carboxylic acids is 1. The first-order chi connectivity index (χ1) is 14.5. The van der Waals surface area contributed by atoms with Gasteiger partial charge in [-0.25, -0.2) is 4.98 Å². The fraction of sp³-hybridized carbons (Fsp3) is 0.417. The van der Waals surface area contributed by atoms with Crippen LogP contribution in [-0.4, -0.2) is 48.2 Å². The summed E-state index contributed by atoms with van der Waals surface area (Å²) in [4.78, 5) is 20.9. The Morgan fingerprint density at radius 3 is 2.57 bits per heavy atom. The van der Waals surface area contributed by atoms with Gasteiger partial charge in [-0.05, 0) is 30.3 Å². The molecule has 30 heavy (non-hydrogen) atoms. The number of amides is 1. The van der Waals surface area contributed by atoms with Crippen LogP contribution in [0.1, 0.15) is 19.7 Å². The molecule has 2 N–H and O–H groups in total. The Morgan fingerprint density at radius 2 is 1.87 bits per heavy atom. The Balaban J connectivity index is 1.36. The van der Waals surface area contributed by atoms with Crippen LogP contribution >= 0.6 is 0 Å². The molecule has 0 unspecified atom stereocenters. The molecule has 0 radical (unpaired) electrons. The number of aryl methyl sites for hydroxylation is 1. The van der Waals surface area contributed by atoms with Crippen molar-refractivity contribution in [3.8, 4) is 0 Å². The lowest BCUT2D eigenvalue weighted by Gasteiger charge is -2.33. The van der Waals surface area contributed by atoms with E-state index in [1.54, 1.807) is 4.90 Å². The van der Waals surface area contributed by atoms with Crippen molar-refractivity contribution < 1.29 is 9.69 Å². The largest absolute Gasteiger partial charge is 0.360 e. The summed E-state index contributed by atoms with van der Waals surface area (Å²) >= 11 is 0. The molecule has 6 heteroatoms. The first kappa shape index (κ1) is 20.4. The van der Waals surface area contributed by atoms with E-state index in [1.165, 1.54) is 5.69 Å². The molecule has 158 valence electrons. The SMILES string of the molecule is CC(C)C(=O)Nc1ccc2c(c1)nc(CC[NH+]1CCN(c3ccccc3)CC1)n2C. The van der Waals surface area contributed by atoms with E-state index in [1.807, 2.05) is 32.0 Å². The standard InChI is InChI=1S/C24H31N5O/c1-18(2)24(30)25-19-9-10-22-21(17-19)26-23(27(22)3)11-12-28-13-15-29(16-14-28)20-7-5-4-6-8-20/h4-10,17-18H,11-16H2,1-3H3,(H,25,30)/p+1. The van der Waals surface area contributed by atoms with Crippen LogP contribution in [0.15, 0.2) is 48.5 Å². The second kappa shape index (κ2) is 8.88. The highest BCUT2D eigenvalue weighted by atomic mass is 16.1. The third kappa shape index (κ3) is 4.49. The van der Waals surface area contributed by atoms with Crippen molar-refractivity contribution in [3.05, 3.63) is 54.4 Å². The lowest BCUT2D eigenvalue weighted by Crippen LogP contribution is -3.15. The number of imidazole rings is 1. The van der Waals surface area contributed by atoms with E-state index in [9.17, 15) is 4.79 Å². The maximum Gasteiger partial charge on any atom is 0.226 e. The first-order valence-electron chi connectivity index (χ1n) is 10.9. The summed E-state index contributed by atoms with van der Waals surface area (Å²) in [6.07, 6.45) is 0.958. The number of carbonyl (C=O) groups is 1. The van der Waals surface area contributed by atoms with E-state index >= 15 is 0 Å². The van der Waals surface area contributed by atoms with Gasteiger partial charge in [-0.2, -0.15) is 0 Å². The Labute approximate surface area is 178 Å². The topological polar surface area (TPSA) is 54.6 Å². The molecule has 0 bridgehead atoms. The molecule has 0 spiro atoms. The van der Waals surface area contributed by atoms with Crippen LogP contribution in [0.3, 0.4) is 0 Å². The van der Waals surface area contributed by atoms with E-state index in [2.05, 4.69) is 52.2 Å². The minimum absolute atomic E-state index is 0.0312. The number of benzene rings is 2. The molecule has 1 aromatic heterocycles. The minimum atomic E-state index is -0.0367. The van der Waals surface area contributed by atoms with Crippen molar-refractivity contribution in [2.24, 2.45) is 13.0 Å². The predicted molar refractivity (Wildman–Crippen MR) is 122 cm³/mol. The second-order valence-electron chi connectivity index (χ2n) is 8.51. The molecule has 1 aliphatic heterocycles. The van der Waals surface area contributed by atoms with Crippen molar-refractivity contribution >= 4 is 28.3 Å². The van der Waals surface area contributed by atoms with Crippen LogP contribution in [-0.2, 0) is 18.3 Å².